The number of methoxy groups -OCH3 is 1. The summed E-state index contributed by atoms with van der Waals surface area (Å²) in [7, 11) is 5.52. The highest BCUT2D eigenvalue weighted by Gasteiger charge is 2.30. The van der Waals surface area contributed by atoms with Crippen molar-refractivity contribution in [1.29, 1.82) is 0 Å². The standard InChI is InChI=1S/C29H28F3N3O4/c1-18-25(15-20-16-26(37-4)27(17-24(20)33-18)38-13-12-35(2)3)39-23-10-8-22(9-11-23)34-28(36)19-6-5-7-21(14-19)29(30,31)32/h5-11,14-17H,12-13H2,1-4H3,(H,34,36). The first-order valence-corrected chi connectivity index (χ1v) is 12.1. The molecule has 1 aromatic heterocycles. The predicted octanol–water partition coefficient (Wildman–Crippen LogP) is 6.56. The van der Waals surface area contributed by atoms with Crippen LogP contribution in [-0.4, -0.2) is 50.1 Å². The number of amides is 1. The Morgan fingerprint density at radius 2 is 1.69 bits per heavy atom. The molecule has 0 unspecified atom stereocenters. The number of carbonyl (C=O) groups excluding carboxylic acids is 1. The van der Waals surface area contributed by atoms with E-state index in [0.717, 1.165) is 29.6 Å². The van der Waals surface area contributed by atoms with Crippen molar-refractivity contribution in [2.24, 2.45) is 0 Å². The Bertz CT molecular complexity index is 1470. The third-order valence-corrected chi connectivity index (χ3v) is 5.83. The number of fused-ring (bicyclic) bond motifs is 1. The summed E-state index contributed by atoms with van der Waals surface area (Å²) in [5.74, 6) is 1.57. The van der Waals surface area contributed by atoms with Gasteiger partial charge in [-0.15, -0.1) is 0 Å². The summed E-state index contributed by atoms with van der Waals surface area (Å²) >= 11 is 0. The van der Waals surface area contributed by atoms with Crippen molar-refractivity contribution in [2.45, 2.75) is 13.1 Å². The van der Waals surface area contributed by atoms with Gasteiger partial charge in [0.1, 0.15) is 18.1 Å². The molecule has 0 aliphatic heterocycles. The van der Waals surface area contributed by atoms with Crippen molar-refractivity contribution in [3.05, 3.63) is 83.6 Å². The third kappa shape index (κ3) is 6.97. The average molecular weight is 540 g/mol. The van der Waals surface area contributed by atoms with Crippen molar-refractivity contribution < 1.29 is 32.2 Å². The molecule has 0 saturated heterocycles. The molecule has 0 aliphatic carbocycles. The molecule has 204 valence electrons. The van der Waals surface area contributed by atoms with Crippen LogP contribution in [-0.2, 0) is 6.18 Å². The van der Waals surface area contributed by atoms with E-state index in [0.29, 0.717) is 41.0 Å². The molecule has 3 aromatic carbocycles. The summed E-state index contributed by atoms with van der Waals surface area (Å²) in [4.78, 5) is 19.1. The molecule has 0 spiro atoms. The zero-order valence-electron chi connectivity index (χ0n) is 21.9. The second kappa shape index (κ2) is 11.6. The van der Waals surface area contributed by atoms with E-state index in [1.807, 2.05) is 44.1 Å². The number of hydrogen-bond acceptors (Lipinski definition) is 6. The fourth-order valence-corrected chi connectivity index (χ4v) is 3.75. The van der Waals surface area contributed by atoms with Crippen LogP contribution in [0, 0.1) is 6.92 Å². The zero-order valence-corrected chi connectivity index (χ0v) is 21.9. The molecule has 1 N–H and O–H groups in total. The lowest BCUT2D eigenvalue weighted by atomic mass is 10.1. The van der Waals surface area contributed by atoms with Crippen LogP contribution in [0.3, 0.4) is 0 Å². The molecule has 0 atom stereocenters. The van der Waals surface area contributed by atoms with E-state index in [1.165, 1.54) is 12.1 Å². The van der Waals surface area contributed by atoms with Gasteiger partial charge in [-0.05, 0) is 75.6 Å². The summed E-state index contributed by atoms with van der Waals surface area (Å²) in [6.07, 6.45) is -4.53. The van der Waals surface area contributed by atoms with Crippen LogP contribution in [0.15, 0.2) is 66.7 Å². The summed E-state index contributed by atoms with van der Waals surface area (Å²) in [6.45, 7) is 3.09. The van der Waals surface area contributed by atoms with E-state index in [1.54, 1.807) is 31.4 Å². The highest BCUT2D eigenvalue weighted by molar-refractivity contribution is 6.04. The highest BCUT2D eigenvalue weighted by atomic mass is 19.4. The van der Waals surface area contributed by atoms with Crippen LogP contribution in [0.2, 0.25) is 0 Å². The number of nitrogens with one attached hydrogen (secondary N) is 1. The van der Waals surface area contributed by atoms with Gasteiger partial charge in [0.2, 0.25) is 0 Å². The lowest BCUT2D eigenvalue weighted by Gasteiger charge is -2.15. The smallest absolute Gasteiger partial charge is 0.416 e. The Hall–Kier alpha value is -4.31. The first-order chi connectivity index (χ1) is 18.5. The van der Waals surface area contributed by atoms with E-state index >= 15 is 0 Å². The minimum absolute atomic E-state index is 0.0929. The normalized spacial score (nSPS) is 11.5. The molecule has 0 saturated carbocycles. The topological polar surface area (TPSA) is 72.9 Å². The molecular formula is C29H28F3N3O4. The molecule has 0 bridgehead atoms. The minimum atomic E-state index is -4.53. The fourth-order valence-electron chi connectivity index (χ4n) is 3.75. The molecule has 39 heavy (non-hydrogen) atoms. The Morgan fingerprint density at radius 1 is 0.974 bits per heavy atom. The molecule has 10 heteroatoms. The van der Waals surface area contributed by atoms with Gasteiger partial charge in [0.25, 0.3) is 5.91 Å². The number of nitrogens with zero attached hydrogens (tertiary/aromatic N) is 2. The summed E-state index contributed by atoms with van der Waals surface area (Å²) in [5.41, 5.74) is 0.820. The van der Waals surface area contributed by atoms with Crippen LogP contribution >= 0.6 is 0 Å². The second-order valence-corrected chi connectivity index (χ2v) is 9.08. The SMILES string of the molecule is COc1cc2cc(Oc3ccc(NC(=O)c4cccc(C(F)(F)F)c4)cc3)c(C)nc2cc1OCCN(C)C. The van der Waals surface area contributed by atoms with Gasteiger partial charge in [0.15, 0.2) is 11.5 Å². The largest absolute Gasteiger partial charge is 0.493 e. The summed E-state index contributed by atoms with van der Waals surface area (Å²) < 4.78 is 56.3. The van der Waals surface area contributed by atoms with Crippen LogP contribution in [0.1, 0.15) is 21.6 Å². The number of alkyl halides is 3. The van der Waals surface area contributed by atoms with E-state index in [9.17, 15) is 18.0 Å². The Morgan fingerprint density at radius 3 is 2.36 bits per heavy atom. The molecule has 0 aliphatic rings. The van der Waals surface area contributed by atoms with Gasteiger partial charge in [0.05, 0.1) is 23.9 Å². The second-order valence-electron chi connectivity index (χ2n) is 9.08. The minimum Gasteiger partial charge on any atom is -0.493 e. The number of halogens is 3. The molecule has 4 rings (SSSR count). The maximum absolute atomic E-state index is 13.0. The maximum atomic E-state index is 13.0. The van der Waals surface area contributed by atoms with Crippen LogP contribution in [0.4, 0.5) is 18.9 Å². The number of hydrogen-bond donors (Lipinski definition) is 1. The van der Waals surface area contributed by atoms with Gasteiger partial charge in [-0.1, -0.05) is 6.07 Å². The van der Waals surface area contributed by atoms with Gasteiger partial charge >= 0.3 is 6.18 Å². The van der Waals surface area contributed by atoms with Crippen molar-refractivity contribution in [3.63, 3.8) is 0 Å². The van der Waals surface area contributed by atoms with Gasteiger partial charge < -0.3 is 24.4 Å². The van der Waals surface area contributed by atoms with Gasteiger partial charge in [0, 0.05) is 29.2 Å². The monoisotopic (exact) mass is 539 g/mol. The molecule has 1 heterocycles. The number of carbonyl (C=O) groups is 1. The number of pyridine rings is 1. The summed E-state index contributed by atoms with van der Waals surface area (Å²) in [6, 6.07) is 16.3. The fraction of sp³-hybridized carbons (Fsp3) is 0.241. The highest BCUT2D eigenvalue weighted by Crippen LogP contribution is 2.35. The average Bonchev–Trinajstić information content (AvgIpc) is 2.89. The Kier molecular flexibility index (Phi) is 8.25. The molecule has 1 amide bonds. The molecule has 0 fully saturated rings. The first kappa shape index (κ1) is 27.7. The number of rotatable bonds is 9. The van der Waals surface area contributed by atoms with Gasteiger partial charge in [-0.25, -0.2) is 4.98 Å². The van der Waals surface area contributed by atoms with E-state index < -0.39 is 17.6 Å². The maximum Gasteiger partial charge on any atom is 0.416 e. The third-order valence-electron chi connectivity index (χ3n) is 5.83. The van der Waals surface area contributed by atoms with Crippen molar-refractivity contribution in [2.75, 3.05) is 39.7 Å². The van der Waals surface area contributed by atoms with Gasteiger partial charge in [-0.2, -0.15) is 13.2 Å². The molecule has 4 aromatic rings. The first-order valence-electron chi connectivity index (χ1n) is 12.1. The number of ether oxygens (including phenoxy) is 3. The van der Waals surface area contributed by atoms with Crippen LogP contribution in [0.5, 0.6) is 23.0 Å². The Labute approximate surface area is 224 Å². The van der Waals surface area contributed by atoms with Crippen LogP contribution < -0.4 is 19.5 Å². The number of benzene rings is 3. The molecular weight excluding hydrogens is 511 g/mol. The Balaban J connectivity index is 1.47. The lowest BCUT2D eigenvalue weighted by molar-refractivity contribution is -0.137. The van der Waals surface area contributed by atoms with Crippen molar-refractivity contribution in [1.82, 2.24) is 9.88 Å². The van der Waals surface area contributed by atoms with Crippen LogP contribution in [0.25, 0.3) is 10.9 Å². The van der Waals surface area contributed by atoms with Crippen molar-refractivity contribution in [3.8, 4) is 23.0 Å². The number of likely N-dealkylation sites (N-methyl/N-ethyl adjacent to an activating group) is 1. The number of aromatic nitrogens is 1. The molecule has 0 radical (unpaired) electrons. The number of aryl methyl sites for hydroxylation is 1. The predicted molar refractivity (Wildman–Crippen MR) is 143 cm³/mol. The van der Waals surface area contributed by atoms with E-state index in [-0.39, 0.29) is 5.56 Å². The van der Waals surface area contributed by atoms with E-state index in [2.05, 4.69) is 10.3 Å². The zero-order chi connectivity index (χ0) is 28.2. The molecule has 7 nitrogen and oxygen atoms in total. The lowest BCUT2D eigenvalue weighted by Crippen LogP contribution is -2.19. The van der Waals surface area contributed by atoms with Crippen molar-refractivity contribution >= 4 is 22.5 Å². The van der Waals surface area contributed by atoms with Gasteiger partial charge in [-0.3, -0.25) is 4.79 Å². The number of anilines is 1. The van der Waals surface area contributed by atoms with E-state index in [4.69, 9.17) is 14.2 Å². The quantitative estimate of drug-likeness (QED) is 0.260. The summed E-state index contributed by atoms with van der Waals surface area (Å²) in [5, 5.41) is 3.40.